The molecular weight excluding hydrogens is 380 g/mol. The maximum Gasteiger partial charge on any atom is 0.337 e. The molecule has 0 spiro atoms. The molecule has 1 aromatic heterocycles. The molecule has 2 rings (SSSR count). The van der Waals surface area contributed by atoms with Crippen molar-refractivity contribution < 1.29 is 27.5 Å². The van der Waals surface area contributed by atoms with Gasteiger partial charge in [0, 0.05) is 6.92 Å². The Kier molecular flexibility index (Phi) is 5.74. The highest BCUT2D eigenvalue weighted by Gasteiger charge is 2.21. The summed E-state index contributed by atoms with van der Waals surface area (Å²) in [6.07, 6.45) is 5.34. The lowest BCUT2D eigenvalue weighted by Crippen LogP contribution is -2.23. The van der Waals surface area contributed by atoms with Gasteiger partial charge in [-0.15, -0.1) is 6.42 Å². The molecule has 0 fully saturated rings. The van der Waals surface area contributed by atoms with E-state index in [1.54, 1.807) is 22.8 Å². The molecule has 0 bridgehead atoms. The molecule has 26 heavy (non-hydrogen) atoms. The predicted molar refractivity (Wildman–Crippen MR) is 95.0 cm³/mol. The molecule has 1 aromatic carbocycles. The number of carbonyl (C=O) groups is 3. The van der Waals surface area contributed by atoms with E-state index >= 15 is 0 Å². The van der Waals surface area contributed by atoms with E-state index in [0.717, 1.165) is 18.3 Å². The van der Waals surface area contributed by atoms with Gasteiger partial charge in [0.25, 0.3) is 5.91 Å². The van der Waals surface area contributed by atoms with Gasteiger partial charge >= 0.3 is 5.97 Å². The summed E-state index contributed by atoms with van der Waals surface area (Å²) in [5.41, 5.74) is 0.938. The lowest BCUT2D eigenvalue weighted by atomic mass is 10.2. The van der Waals surface area contributed by atoms with Gasteiger partial charge in [-0.3, -0.25) is 9.59 Å². The Bertz CT molecular complexity index is 1120. The summed E-state index contributed by atoms with van der Waals surface area (Å²) in [6, 6.07) is 4.74. The number of ether oxygens (including phenoxy) is 1. The van der Waals surface area contributed by atoms with Crippen molar-refractivity contribution in [2.75, 3.05) is 12.9 Å². The molecular formula is C16H14N2O6S2. The second kappa shape index (κ2) is 7.63. The van der Waals surface area contributed by atoms with Crippen molar-refractivity contribution in [3.63, 3.8) is 0 Å². The average molecular weight is 394 g/mol. The number of thiazole rings is 1. The third-order valence-electron chi connectivity index (χ3n) is 3.33. The van der Waals surface area contributed by atoms with Gasteiger partial charge < -0.3 is 9.30 Å². The largest absolute Gasteiger partial charge is 0.465 e. The van der Waals surface area contributed by atoms with Gasteiger partial charge in [0.1, 0.15) is 5.75 Å². The monoisotopic (exact) mass is 394 g/mol. The van der Waals surface area contributed by atoms with Crippen LogP contribution in [0.5, 0.6) is 0 Å². The first-order valence-corrected chi connectivity index (χ1v) is 9.62. The van der Waals surface area contributed by atoms with E-state index in [9.17, 15) is 22.8 Å². The zero-order valence-corrected chi connectivity index (χ0v) is 15.5. The standard InChI is InChI=1S/C16H14N2O6S2/c1-4-7-18-12-6-5-11(15(21)24-3)8-13(12)25-16(18)17-14(20)9-26(22,23)10(2)19/h1,5-6,8H,7,9H2,2-3H3. The van der Waals surface area contributed by atoms with Crippen LogP contribution in [0.2, 0.25) is 0 Å². The van der Waals surface area contributed by atoms with Gasteiger partial charge in [-0.05, 0) is 18.2 Å². The molecule has 0 saturated carbocycles. The molecule has 2 aromatic rings. The Hall–Kier alpha value is -2.77. The van der Waals surface area contributed by atoms with E-state index in [1.165, 1.54) is 7.11 Å². The van der Waals surface area contributed by atoms with Crippen molar-refractivity contribution in [3.8, 4) is 12.3 Å². The van der Waals surface area contributed by atoms with Crippen molar-refractivity contribution >= 4 is 48.4 Å². The third-order valence-corrected chi connectivity index (χ3v) is 5.87. The molecule has 1 heterocycles. The van der Waals surface area contributed by atoms with Crippen LogP contribution in [-0.2, 0) is 30.7 Å². The van der Waals surface area contributed by atoms with Gasteiger partial charge in [0.05, 0.1) is 29.4 Å². The van der Waals surface area contributed by atoms with Crippen molar-refractivity contribution in [1.82, 2.24) is 4.57 Å². The van der Waals surface area contributed by atoms with Gasteiger partial charge in [0.15, 0.2) is 4.80 Å². The SMILES string of the molecule is C#CCn1c(=NC(=O)CS(=O)(=O)C(C)=O)sc2cc(C(=O)OC)ccc21. The molecule has 0 saturated heterocycles. The number of carbonyl (C=O) groups excluding carboxylic acids is 3. The van der Waals surface area contributed by atoms with E-state index < -0.39 is 32.6 Å². The maximum absolute atomic E-state index is 12.0. The Morgan fingerprint density at radius 2 is 2.04 bits per heavy atom. The van der Waals surface area contributed by atoms with Gasteiger partial charge in [-0.2, -0.15) is 4.99 Å². The first-order chi connectivity index (χ1) is 12.2. The van der Waals surface area contributed by atoms with Crippen LogP contribution < -0.4 is 4.80 Å². The quantitative estimate of drug-likeness (QED) is 0.552. The number of benzene rings is 1. The summed E-state index contributed by atoms with van der Waals surface area (Å²) in [7, 11) is -2.92. The number of hydrogen-bond donors (Lipinski definition) is 0. The Balaban J connectivity index is 2.57. The number of fused-ring (bicyclic) bond motifs is 1. The van der Waals surface area contributed by atoms with E-state index in [1.807, 2.05) is 0 Å². The molecule has 0 atom stereocenters. The van der Waals surface area contributed by atoms with Gasteiger partial charge in [-0.1, -0.05) is 17.3 Å². The normalized spacial score (nSPS) is 12.0. The zero-order valence-electron chi connectivity index (χ0n) is 13.9. The minimum Gasteiger partial charge on any atom is -0.465 e. The van der Waals surface area contributed by atoms with Crippen LogP contribution in [0.4, 0.5) is 0 Å². The second-order valence-corrected chi connectivity index (χ2v) is 8.21. The minimum atomic E-state index is -4.18. The first kappa shape index (κ1) is 19.6. The predicted octanol–water partition coefficient (Wildman–Crippen LogP) is 0.511. The fourth-order valence-electron chi connectivity index (χ4n) is 2.05. The molecule has 0 aliphatic rings. The topological polar surface area (TPSA) is 112 Å². The maximum atomic E-state index is 12.0. The molecule has 136 valence electrons. The van der Waals surface area contributed by atoms with Crippen LogP contribution in [0.25, 0.3) is 10.2 Å². The van der Waals surface area contributed by atoms with Crippen molar-refractivity contribution in [2.24, 2.45) is 4.99 Å². The Morgan fingerprint density at radius 1 is 1.35 bits per heavy atom. The van der Waals surface area contributed by atoms with E-state index in [4.69, 9.17) is 6.42 Å². The van der Waals surface area contributed by atoms with E-state index in [0.29, 0.717) is 15.8 Å². The average Bonchev–Trinajstić information content (AvgIpc) is 2.90. The summed E-state index contributed by atoms with van der Waals surface area (Å²) in [4.78, 5) is 38.6. The molecule has 10 heteroatoms. The number of nitrogens with zero attached hydrogens (tertiary/aromatic N) is 2. The Morgan fingerprint density at radius 3 is 2.62 bits per heavy atom. The highest BCUT2D eigenvalue weighted by molar-refractivity contribution is 8.06. The minimum absolute atomic E-state index is 0.0865. The summed E-state index contributed by atoms with van der Waals surface area (Å²) in [6.45, 7) is 0.956. The van der Waals surface area contributed by atoms with Crippen LogP contribution in [0.1, 0.15) is 17.3 Å². The number of aromatic nitrogens is 1. The van der Waals surface area contributed by atoms with Crippen molar-refractivity contribution in [1.29, 1.82) is 0 Å². The summed E-state index contributed by atoms with van der Waals surface area (Å²) >= 11 is 1.06. The number of hydrogen-bond acceptors (Lipinski definition) is 7. The number of sulfone groups is 1. The van der Waals surface area contributed by atoms with Crippen LogP contribution in [0.15, 0.2) is 23.2 Å². The highest BCUT2D eigenvalue weighted by atomic mass is 32.2. The second-order valence-electron chi connectivity index (χ2n) is 5.11. The number of methoxy groups -OCH3 is 1. The van der Waals surface area contributed by atoms with E-state index in [-0.39, 0.29) is 11.3 Å². The number of esters is 1. The van der Waals surface area contributed by atoms with Crippen molar-refractivity contribution in [2.45, 2.75) is 13.5 Å². The Labute approximate surface area is 153 Å². The fraction of sp³-hybridized carbons (Fsp3) is 0.250. The molecule has 1 amide bonds. The number of terminal acetylenes is 1. The molecule has 0 N–H and O–H groups in total. The molecule has 8 nitrogen and oxygen atoms in total. The number of rotatable bonds is 4. The lowest BCUT2D eigenvalue weighted by molar-refractivity contribution is -0.116. The van der Waals surface area contributed by atoms with Crippen LogP contribution in [0, 0.1) is 12.3 Å². The zero-order chi connectivity index (χ0) is 19.5. The van der Waals surface area contributed by atoms with Crippen LogP contribution in [0.3, 0.4) is 0 Å². The molecule has 0 aliphatic heterocycles. The van der Waals surface area contributed by atoms with E-state index in [2.05, 4.69) is 15.6 Å². The van der Waals surface area contributed by atoms with Crippen LogP contribution >= 0.6 is 11.3 Å². The van der Waals surface area contributed by atoms with Gasteiger partial charge in [-0.25, -0.2) is 13.2 Å². The molecule has 0 unspecified atom stereocenters. The first-order valence-electron chi connectivity index (χ1n) is 7.15. The molecule has 0 aliphatic carbocycles. The lowest BCUT2D eigenvalue weighted by Gasteiger charge is -2.01. The third kappa shape index (κ3) is 4.07. The summed E-state index contributed by atoms with van der Waals surface area (Å²) in [5.74, 6) is -0.0917. The van der Waals surface area contributed by atoms with Crippen molar-refractivity contribution in [3.05, 3.63) is 28.6 Å². The fourth-order valence-corrected chi connectivity index (χ4v) is 3.73. The van der Waals surface area contributed by atoms with Crippen LogP contribution in [-0.4, -0.2) is 42.8 Å². The molecule has 0 radical (unpaired) electrons. The smallest absolute Gasteiger partial charge is 0.337 e. The van der Waals surface area contributed by atoms with Gasteiger partial charge in [0.2, 0.25) is 15.0 Å². The summed E-state index contributed by atoms with van der Waals surface area (Å²) < 4.78 is 29.9. The number of amides is 1. The summed E-state index contributed by atoms with van der Waals surface area (Å²) in [5, 5.41) is -1.10. The highest BCUT2D eigenvalue weighted by Crippen LogP contribution is 2.19.